The maximum absolute atomic E-state index is 12.6. The van der Waals surface area contributed by atoms with Gasteiger partial charge in [-0.25, -0.2) is 4.39 Å². The molecule has 3 heteroatoms. The maximum Gasteiger partial charge on any atom is 0.192 e. The van der Waals surface area contributed by atoms with Crippen LogP contribution in [0.4, 0.5) is 4.39 Å². The van der Waals surface area contributed by atoms with Crippen molar-refractivity contribution in [3.63, 3.8) is 0 Å². The van der Waals surface area contributed by atoms with Gasteiger partial charge in [-0.15, -0.1) is 0 Å². The van der Waals surface area contributed by atoms with Crippen LogP contribution in [-0.2, 0) is 9.53 Å². The standard InChI is InChI=1S/C11H15FO2/c1-5-11(9(4)12)14-7-10(13)6-8(2)3/h5-6H,4,7H2,1-3H3/b11-5+. The highest BCUT2D eigenvalue weighted by atomic mass is 19.1. The molecule has 0 fully saturated rings. The Morgan fingerprint density at radius 1 is 1.50 bits per heavy atom. The Morgan fingerprint density at radius 3 is 2.43 bits per heavy atom. The van der Waals surface area contributed by atoms with Gasteiger partial charge in [0.15, 0.2) is 24.0 Å². The van der Waals surface area contributed by atoms with Crippen molar-refractivity contribution in [2.45, 2.75) is 20.8 Å². The summed E-state index contributed by atoms with van der Waals surface area (Å²) in [5.74, 6) is -0.844. The lowest BCUT2D eigenvalue weighted by atomic mass is 10.2. The molecule has 0 spiro atoms. The Hall–Kier alpha value is -1.38. The fraction of sp³-hybridized carbons (Fsp3) is 0.364. The Morgan fingerprint density at radius 2 is 2.07 bits per heavy atom. The molecule has 0 aliphatic rings. The highest BCUT2D eigenvalue weighted by Crippen LogP contribution is 2.10. The molecule has 0 aromatic carbocycles. The first-order valence-electron chi connectivity index (χ1n) is 4.29. The van der Waals surface area contributed by atoms with Crippen molar-refractivity contribution in [2.75, 3.05) is 6.61 Å². The van der Waals surface area contributed by atoms with Gasteiger partial charge in [0, 0.05) is 0 Å². The van der Waals surface area contributed by atoms with E-state index in [1.54, 1.807) is 6.92 Å². The summed E-state index contributed by atoms with van der Waals surface area (Å²) in [4.78, 5) is 11.1. The Bertz CT molecular complexity index is 284. The second-order valence-electron chi connectivity index (χ2n) is 3.03. The lowest BCUT2D eigenvalue weighted by molar-refractivity contribution is -0.117. The largest absolute Gasteiger partial charge is 0.483 e. The molecule has 0 atom stereocenters. The van der Waals surface area contributed by atoms with Crippen LogP contribution in [-0.4, -0.2) is 12.4 Å². The van der Waals surface area contributed by atoms with Crippen LogP contribution in [0, 0.1) is 0 Å². The lowest BCUT2D eigenvalue weighted by Gasteiger charge is -2.05. The molecule has 14 heavy (non-hydrogen) atoms. The number of allylic oxidation sites excluding steroid dienone is 3. The summed E-state index contributed by atoms with van der Waals surface area (Å²) in [7, 11) is 0. The van der Waals surface area contributed by atoms with Crippen molar-refractivity contribution < 1.29 is 13.9 Å². The van der Waals surface area contributed by atoms with Crippen molar-refractivity contribution in [3.8, 4) is 0 Å². The number of ether oxygens (including phenoxy) is 1. The van der Waals surface area contributed by atoms with Crippen LogP contribution < -0.4 is 0 Å². The van der Waals surface area contributed by atoms with E-state index < -0.39 is 5.83 Å². The summed E-state index contributed by atoms with van der Waals surface area (Å²) in [5, 5.41) is 0. The van der Waals surface area contributed by atoms with Crippen LogP contribution in [0.15, 0.2) is 35.9 Å². The topological polar surface area (TPSA) is 26.3 Å². The van der Waals surface area contributed by atoms with Gasteiger partial charge in [0.25, 0.3) is 0 Å². The van der Waals surface area contributed by atoms with E-state index in [9.17, 15) is 9.18 Å². The summed E-state index contributed by atoms with van der Waals surface area (Å²) < 4.78 is 17.5. The molecular weight excluding hydrogens is 183 g/mol. The maximum atomic E-state index is 12.6. The van der Waals surface area contributed by atoms with Crippen molar-refractivity contribution in [2.24, 2.45) is 0 Å². The van der Waals surface area contributed by atoms with Gasteiger partial charge in [-0.3, -0.25) is 4.79 Å². The van der Waals surface area contributed by atoms with Crippen molar-refractivity contribution in [1.82, 2.24) is 0 Å². The zero-order valence-corrected chi connectivity index (χ0v) is 8.76. The molecular formula is C11H15FO2. The van der Waals surface area contributed by atoms with E-state index in [1.165, 1.54) is 12.2 Å². The predicted molar refractivity (Wildman–Crippen MR) is 54.4 cm³/mol. The number of hydrogen-bond donors (Lipinski definition) is 0. The van der Waals surface area contributed by atoms with E-state index in [0.717, 1.165) is 5.57 Å². The van der Waals surface area contributed by atoms with Gasteiger partial charge in [0.2, 0.25) is 0 Å². The molecule has 0 unspecified atom stereocenters. The summed E-state index contributed by atoms with van der Waals surface area (Å²) in [6.45, 7) is 8.15. The van der Waals surface area contributed by atoms with Gasteiger partial charge in [0.05, 0.1) is 0 Å². The molecule has 0 aromatic rings. The Balaban J connectivity index is 4.13. The minimum absolute atomic E-state index is 0.0144. The van der Waals surface area contributed by atoms with E-state index in [1.807, 2.05) is 13.8 Å². The summed E-state index contributed by atoms with van der Waals surface area (Å²) in [5.41, 5.74) is 0.889. The van der Waals surface area contributed by atoms with Gasteiger partial charge in [-0.05, 0) is 32.9 Å². The molecule has 0 bridgehead atoms. The normalized spacial score (nSPS) is 10.7. The second-order valence-corrected chi connectivity index (χ2v) is 3.03. The van der Waals surface area contributed by atoms with Crippen LogP contribution in [0.2, 0.25) is 0 Å². The number of hydrogen-bond acceptors (Lipinski definition) is 2. The third kappa shape index (κ3) is 5.30. The fourth-order valence-corrected chi connectivity index (χ4v) is 0.831. The fourth-order valence-electron chi connectivity index (χ4n) is 0.831. The van der Waals surface area contributed by atoms with Crippen LogP contribution in [0.5, 0.6) is 0 Å². The van der Waals surface area contributed by atoms with E-state index >= 15 is 0 Å². The average molecular weight is 198 g/mol. The van der Waals surface area contributed by atoms with Crippen LogP contribution in [0.1, 0.15) is 20.8 Å². The summed E-state index contributed by atoms with van der Waals surface area (Å²) in [6.07, 6.45) is 2.88. The molecule has 2 nitrogen and oxygen atoms in total. The van der Waals surface area contributed by atoms with Crippen molar-refractivity contribution in [3.05, 3.63) is 35.9 Å². The molecule has 0 saturated carbocycles. The van der Waals surface area contributed by atoms with E-state index in [-0.39, 0.29) is 18.1 Å². The molecule has 0 rings (SSSR count). The quantitative estimate of drug-likeness (QED) is 0.385. The van der Waals surface area contributed by atoms with Gasteiger partial charge in [-0.2, -0.15) is 0 Å². The first-order chi connectivity index (χ1) is 6.47. The van der Waals surface area contributed by atoms with E-state index in [4.69, 9.17) is 4.74 Å². The minimum atomic E-state index is -0.669. The molecule has 0 aromatic heterocycles. The van der Waals surface area contributed by atoms with E-state index in [0.29, 0.717) is 0 Å². The highest BCUT2D eigenvalue weighted by Gasteiger charge is 2.04. The number of carbonyl (C=O) groups is 1. The molecule has 0 radical (unpaired) electrons. The Labute approximate surface area is 83.8 Å². The SMILES string of the molecule is C=C(F)/C(=C\C)OCC(=O)C=C(C)C. The number of halogens is 1. The smallest absolute Gasteiger partial charge is 0.192 e. The highest BCUT2D eigenvalue weighted by molar-refractivity contribution is 5.91. The van der Waals surface area contributed by atoms with E-state index in [2.05, 4.69) is 6.58 Å². The second kappa shape index (κ2) is 6.13. The zero-order chi connectivity index (χ0) is 11.1. The molecule has 0 aliphatic heterocycles. The number of carbonyl (C=O) groups excluding carboxylic acids is 1. The van der Waals surface area contributed by atoms with Gasteiger partial charge >= 0.3 is 0 Å². The lowest BCUT2D eigenvalue weighted by Crippen LogP contribution is -2.06. The zero-order valence-electron chi connectivity index (χ0n) is 8.76. The molecule has 0 aliphatic carbocycles. The molecule has 78 valence electrons. The molecule has 0 N–H and O–H groups in total. The Kier molecular flexibility index (Phi) is 5.53. The van der Waals surface area contributed by atoms with Gasteiger partial charge in [0.1, 0.15) is 0 Å². The predicted octanol–water partition coefficient (Wildman–Crippen LogP) is 2.93. The first kappa shape index (κ1) is 12.6. The number of ketones is 1. The third-order valence-corrected chi connectivity index (χ3v) is 1.35. The summed E-state index contributed by atoms with van der Waals surface area (Å²) >= 11 is 0. The van der Waals surface area contributed by atoms with Crippen LogP contribution in [0.25, 0.3) is 0 Å². The molecule has 0 heterocycles. The monoisotopic (exact) mass is 198 g/mol. The van der Waals surface area contributed by atoms with Gasteiger partial charge in [-0.1, -0.05) is 12.2 Å². The third-order valence-electron chi connectivity index (χ3n) is 1.35. The molecule has 0 saturated heterocycles. The summed E-state index contributed by atoms with van der Waals surface area (Å²) in [6, 6.07) is 0. The first-order valence-corrected chi connectivity index (χ1v) is 4.29. The van der Waals surface area contributed by atoms with Crippen LogP contribution >= 0.6 is 0 Å². The molecule has 0 amide bonds. The van der Waals surface area contributed by atoms with Crippen molar-refractivity contribution >= 4 is 5.78 Å². The average Bonchev–Trinajstić information content (AvgIpc) is 2.03. The van der Waals surface area contributed by atoms with Crippen LogP contribution in [0.3, 0.4) is 0 Å². The van der Waals surface area contributed by atoms with Crippen molar-refractivity contribution in [1.29, 1.82) is 0 Å². The van der Waals surface area contributed by atoms with Gasteiger partial charge < -0.3 is 4.74 Å². The minimum Gasteiger partial charge on any atom is -0.483 e. The number of rotatable bonds is 5.